The quantitative estimate of drug-likeness (QED) is 0.401. The molecule has 7 nitrogen and oxygen atoms in total. The van der Waals surface area contributed by atoms with Gasteiger partial charge < -0.3 is 15.0 Å². The number of fused-ring (bicyclic) bond motifs is 1. The molecule has 3 aromatic rings. The number of rotatable bonds is 8. The monoisotopic (exact) mass is 461 g/mol. The summed E-state index contributed by atoms with van der Waals surface area (Å²) in [4.78, 5) is 40.9. The van der Waals surface area contributed by atoms with Crippen molar-refractivity contribution in [3.05, 3.63) is 41.3 Å². The average Bonchev–Trinajstić information content (AvgIpc) is 3.43. The Hall–Kier alpha value is -2.78. The van der Waals surface area contributed by atoms with E-state index < -0.39 is 5.97 Å². The number of ether oxygens (including phenoxy) is 1. The third-order valence-electron chi connectivity index (χ3n) is 4.21. The van der Waals surface area contributed by atoms with Gasteiger partial charge in [-0.15, -0.1) is 22.7 Å². The zero-order valence-electron chi connectivity index (χ0n) is 18.1. The molecule has 166 valence electrons. The minimum Gasteiger partial charge on any atom is -0.451 e. The summed E-state index contributed by atoms with van der Waals surface area (Å²) in [6.45, 7) is 3.76. The maximum absolute atomic E-state index is 12.2. The Bertz CT molecular complexity index is 976. The molecule has 2 amide bonds. The van der Waals surface area contributed by atoms with E-state index in [1.54, 1.807) is 31.5 Å². The van der Waals surface area contributed by atoms with Gasteiger partial charge in [-0.25, -0.2) is 9.78 Å². The van der Waals surface area contributed by atoms with Crippen LogP contribution < -0.4 is 5.32 Å². The maximum atomic E-state index is 12.2. The number of para-hydroxylation sites is 1. The van der Waals surface area contributed by atoms with Crippen molar-refractivity contribution in [3.63, 3.8) is 0 Å². The number of amides is 2. The number of thiophene rings is 1. The molecule has 0 atom stereocenters. The first kappa shape index (κ1) is 24.5. The highest BCUT2D eigenvalue weighted by molar-refractivity contribution is 7.26. The van der Waals surface area contributed by atoms with Crippen LogP contribution in [0.3, 0.4) is 0 Å². The molecule has 0 spiro atoms. The number of nitrogens with one attached hydrogen (secondary N) is 1. The van der Waals surface area contributed by atoms with Crippen LogP contribution >= 0.6 is 22.7 Å². The van der Waals surface area contributed by atoms with E-state index in [-0.39, 0.29) is 18.6 Å². The summed E-state index contributed by atoms with van der Waals surface area (Å²) in [6, 6.07) is 11.6. The molecule has 3 rings (SSSR count). The summed E-state index contributed by atoms with van der Waals surface area (Å²) in [7, 11) is 3.38. The highest BCUT2D eigenvalue weighted by atomic mass is 32.1. The van der Waals surface area contributed by atoms with Crippen LogP contribution in [0, 0.1) is 0 Å². The lowest BCUT2D eigenvalue weighted by Crippen LogP contribution is -2.36. The molecule has 0 saturated carbocycles. The van der Waals surface area contributed by atoms with E-state index in [2.05, 4.69) is 10.3 Å². The summed E-state index contributed by atoms with van der Waals surface area (Å²) in [5.74, 6) is -0.753. The molecule has 0 aliphatic carbocycles. The van der Waals surface area contributed by atoms with Crippen LogP contribution in [-0.4, -0.2) is 54.9 Å². The molecule has 1 N–H and O–H groups in total. The molecule has 2 aromatic heterocycles. The molecule has 0 aliphatic rings. The number of carbonyl (C=O) groups is 3. The van der Waals surface area contributed by atoms with E-state index in [0.717, 1.165) is 39.4 Å². The molecular weight excluding hydrogens is 434 g/mol. The van der Waals surface area contributed by atoms with E-state index in [1.807, 2.05) is 44.2 Å². The van der Waals surface area contributed by atoms with Gasteiger partial charge in [-0.05, 0) is 37.1 Å². The molecule has 31 heavy (non-hydrogen) atoms. The first-order chi connectivity index (χ1) is 14.9. The number of thiazole rings is 1. The number of nitrogens with zero attached hydrogens (tertiary/aromatic N) is 2. The van der Waals surface area contributed by atoms with Crippen LogP contribution in [0.2, 0.25) is 0 Å². The maximum Gasteiger partial charge on any atom is 0.348 e. The Labute approximate surface area is 190 Å². The summed E-state index contributed by atoms with van der Waals surface area (Å²) >= 11 is 2.91. The fourth-order valence-corrected chi connectivity index (χ4v) is 4.42. The zero-order valence-corrected chi connectivity index (χ0v) is 19.7. The van der Waals surface area contributed by atoms with Gasteiger partial charge in [-0.1, -0.05) is 26.0 Å². The Morgan fingerprint density at radius 3 is 2.42 bits per heavy atom. The predicted molar refractivity (Wildman–Crippen MR) is 125 cm³/mol. The normalized spacial score (nSPS) is 10.4. The number of carbonyl (C=O) groups excluding carboxylic acids is 3. The van der Waals surface area contributed by atoms with Gasteiger partial charge in [0.05, 0.1) is 15.1 Å². The average molecular weight is 462 g/mol. The molecule has 0 aliphatic heterocycles. The lowest BCUT2D eigenvalue weighted by atomic mass is 10.2. The van der Waals surface area contributed by atoms with Crippen molar-refractivity contribution < 1.29 is 19.1 Å². The van der Waals surface area contributed by atoms with E-state index in [0.29, 0.717) is 4.88 Å². The van der Waals surface area contributed by atoms with Crippen LogP contribution in [0.25, 0.3) is 20.1 Å². The Morgan fingerprint density at radius 1 is 1.13 bits per heavy atom. The van der Waals surface area contributed by atoms with Crippen molar-refractivity contribution in [2.75, 3.05) is 20.7 Å². The van der Waals surface area contributed by atoms with Gasteiger partial charge in [-0.2, -0.15) is 0 Å². The smallest absolute Gasteiger partial charge is 0.348 e. The second-order valence-electron chi connectivity index (χ2n) is 6.88. The minimum atomic E-state index is -0.484. The Morgan fingerprint density at radius 2 is 1.81 bits per heavy atom. The lowest BCUT2D eigenvalue weighted by Gasteiger charge is -2.14. The SMILES string of the molecule is CCC(CC)NC(=O)COC(=O)c1ccc(-c2nc3ccccc3s2)s1.CN(C)C=O. The van der Waals surface area contributed by atoms with Crippen molar-refractivity contribution in [2.45, 2.75) is 32.7 Å². The number of hydrogen-bond acceptors (Lipinski definition) is 7. The third kappa shape index (κ3) is 7.45. The van der Waals surface area contributed by atoms with E-state index in [9.17, 15) is 14.4 Å². The highest BCUT2D eigenvalue weighted by Crippen LogP contribution is 2.34. The van der Waals surface area contributed by atoms with Crippen LogP contribution in [0.1, 0.15) is 36.4 Å². The van der Waals surface area contributed by atoms with Crippen molar-refractivity contribution in [2.24, 2.45) is 0 Å². The van der Waals surface area contributed by atoms with Crippen LogP contribution in [-0.2, 0) is 14.3 Å². The molecule has 0 bridgehead atoms. The zero-order chi connectivity index (χ0) is 22.8. The fourth-order valence-electron chi connectivity index (χ4n) is 2.50. The summed E-state index contributed by atoms with van der Waals surface area (Å²) < 4.78 is 6.24. The number of esters is 1. The lowest BCUT2D eigenvalue weighted by molar-refractivity contribution is -0.125. The molecule has 1 aromatic carbocycles. The second kappa shape index (κ2) is 12.2. The number of hydrogen-bond donors (Lipinski definition) is 1. The van der Waals surface area contributed by atoms with Gasteiger partial charge in [0, 0.05) is 20.1 Å². The number of benzene rings is 1. The van der Waals surface area contributed by atoms with Gasteiger partial charge in [0.2, 0.25) is 6.41 Å². The van der Waals surface area contributed by atoms with Crippen molar-refractivity contribution in [1.29, 1.82) is 0 Å². The molecule has 0 radical (unpaired) electrons. The Balaban J connectivity index is 0.000000614. The van der Waals surface area contributed by atoms with E-state index in [1.165, 1.54) is 16.2 Å². The first-order valence-electron chi connectivity index (χ1n) is 9.91. The van der Waals surface area contributed by atoms with Gasteiger partial charge >= 0.3 is 5.97 Å². The summed E-state index contributed by atoms with van der Waals surface area (Å²) in [5, 5.41) is 3.72. The summed E-state index contributed by atoms with van der Waals surface area (Å²) in [5.41, 5.74) is 0.947. The largest absolute Gasteiger partial charge is 0.451 e. The Kier molecular flexibility index (Phi) is 9.61. The predicted octanol–water partition coefficient (Wildman–Crippen LogP) is 4.19. The molecular formula is C22H27N3O4S2. The molecule has 0 unspecified atom stereocenters. The van der Waals surface area contributed by atoms with Crippen molar-refractivity contribution in [1.82, 2.24) is 15.2 Å². The van der Waals surface area contributed by atoms with Crippen LogP contribution in [0.15, 0.2) is 36.4 Å². The third-order valence-corrected chi connectivity index (χ3v) is 6.48. The second-order valence-corrected chi connectivity index (χ2v) is 8.99. The van der Waals surface area contributed by atoms with Gasteiger partial charge in [0.1, 0.15) is 9.88 Å². The fraction of sp³-hybridized carbons (Fsp3) is 0.364. The van der Waals surface area contributed by atoms with E-state index in [4.69, 9.17) is 4.74 Å². The van der Waals surface area contributed by atoms with Crippen molar-refractivity contribution in [3.8, 4) is 9.88 Å². The standard InChI is InChI=1S/C19H20N2O3S2.C3H7NO/c1-3-12(4-2)20-17(22)11-24-19(23)16-10-9-15(25-16)18-21-13-7-5-6-8-14(13)26-18;1-4(2)3-5/h5-10,12H,3-4,11H2,1-2H3,(H,20,22);3H,1-2H3. The van der Waals surface area contributed by atoms with Gasteiger partial charge in [0.15, 0.2) is 6.61 Å². The minimum absolute atomic E-state index is 0.119. The molecule has 0 fully saturated rings. The van der Waals surface area contributed by atoms with Crippen molar-refractivity contribution >= 4 is 51.2 Å². The number of aromatic nitrogens is 1. The highest BCUT2D eigenvalue weighted by Gasteiger charge is 2.16. The molecule has 2 heterocycles. The first-order valence-corrected chi connectivity index (χ1v) is 11.5. The topological polar surface area (TPSA) is 88.6 Å². The van der Waals surface area contributed by atoms with Crippen LogP contribution in [0.5, 0.6) is 0 Å². The molecule has 9 heteroatoms. The molecule has 0 saturated heterocycles. The van der Waals surface area contributed by atoms with E-state index >= 15 is 0 Å². The van der Waals surface area contributed by atoms with Crippen LogP contribution in [0.4, 0.5) is 0 Å². The van der Waals surface area contributed by atoms with Gasteiger partial charge in [-0.3, -0.25) is 9.59 Å². The van der Waals surface area contributed by atoms with Gasteiger partial charge in [0.25, 0.3) is 5.91 Å². The summed E-state index contributed by atoms with van der Waals surface area (Å²) in [6.07, 6.45) is 2.46.